The van der Waals surface area contributed by atoms with Crippen LogP contribution in [0.4, 0.5) is 0 Å². The van der Waals surface area contributed by atoms with Gasteiger partial charge in [-0.1, -0.05) is 11.8 Å². The van der Waals surface area contributed by atoms with Crippen molar-refractivity contribution < 1.29 is 14.6 Å². The van der Waals surface area contributed by atoms with Crippen LogP contribution in [0, 0.1) is 0 Å². The van der Waals surface area contributed by atoms with Crippen LogP contribution >= 0.6 is 11.8 Å². The lowest BCUT2D eigenvalue weighted by Gasteiger charge is -2.36. The van der Waals surface area contributed by atoms with E-state index in [2.05, 4.69) is 21.7 Å². The average Bonchev–Trinajstić information content (AvgIpc) is 3.17. The summed E-state index contributed by atoms with van der Waals surface area (Å²) in [6.45, 7) is 3.68. The summed E-state index contributed by atoms with van der Waals surface area (Å²) in [6, 6.07) is 0. The van der Waals surface area contributed by atoms with E-state index in [1.807, 2.05) is 0 Å². The number of nitrogens with zero attached hydrogens (tertiary/aromatic N) is 3. The van der Waals surface area contributed by atoms with Gasteiger partial charge in [-0.3, -0.25) is 9.36 Å². The van der Waals surface area contributed by atoms with Crippen molar-refractivity contribution in [3.05, 3.63) is 5.82 Å². The molecule has 2 fully saturated rings. The third-order valence-corrected chi connectivity index (χ3v) is 4.95. The molecule has 1 saturated carbocycles. The van der Waals surface area contributed by atoms with E-state index in [4.69, 9.17) is 9.84 Å². The molecule has 1 saturated heterocycles. The van der Waals surface area contributed by atoms with Crippen LogP contribution < -0.4 is 0 Å². The second kappa shape index (κ2) is 5.37. The van der Waals surface area contributed by atoms with Crippen molar-refractivity contribution in [1.82, 2.24) is 14.8 Å². The molecule has 0 atom stereocenters. The highest BCUT2D eigenvalue weighted by Crippen LogP contribution is 2.43. The fraction of sp³-hybridized carbons (Fsp3) is 0.769. The van der Waals surface area contributed by atoms with Crippen molar-refractivity contribution in [1.29, 1.82) is 0 Å². The maximum Gasteiger partial charge on any atom is 0.313 e. The van der Waals surface area contributed by atoms with Gasteiger partial charge in [-0.2, -0.15) is 0 Å². The van der Waals surface area contributed by atoms with E-state index < -0.39 is 5.97 Å². The molecular formula is C13H19N3O3S. The van der Waals surface area contributed by atoms with Crippen molar-refractivity contribution >= 4 is 17.7 Å². The van der Waals surface area contributed by atoms with Crippen molar-refractivity contribution in [3.8, 4) is 0 Å². The predicted molar refractivity (Wildman–Crippen MR) is 74.1 cm³/mol. The Morgan fingerprint density at radius 3 is 2.75 bits per heavy atom. The number of hydrogen-bond acceptors (Lipinski definition) is 5. The van der Waals surface area contributed by atoms with Gasteiger partial charge < -0.3 is 9.84 Å². The molecular weight excluding hydrogens is 278 g/mol. The second-order valence-corrected chi connectivity index (χ2v) is 6.68. The molecule has 1 aliphatic carbocycles. The summed E-state index contributed by atoms with van der Waals surface area (Å²) in [5.74, 6) is 0.730. The number of carbonyl (C=O) groups is 1. The van der Waals surface area contributed by atoms with Crippen LogP contribution in [0.3, 0.4) is 0 Å². The van der Waals surface area contributed by atoms with Gasteiger partial charge in [0.15, 0.2) is 5.16 Å². The molecule has 1 aromatic rings. The largest absolute Gasteiger partial charge is 0.481 e. The first-order valence-electron chi connectivity index (χ1n) is 6.98. The highest BCUT2D eigenvalue weighted by molar-refractivity contribution is 7.99. The Morgan fingerprint density at radius 1 is 1.45 bits per heavy atom. The van der Waals surface area contributed by atoms with E-state index in [0.29, 0.717) is 5.92 Å². The summed E-state index contributed by atoms with van der Waals surface area (Å²) in [6.07, 6.45) is 4.17. The molecule has 0 spiro atoms. The van der Waals surface area contributed by atoms with Crippen LogP contribution in [0.2, 0.25) is 0 Å². The second-order valence-electron chi connectivity index (χ2n) is 5.74. The molecule has 2 aliphatic rings. The Balaban J connectivity index is 1.92. The molecule has 0 radical (unpaired) electrons. The summed E-state index contributed by atoms with van der Waals surface area (Å²) in [4.78, 5) is 10.8. The molecule has 7 heteroatoms. The summed E-state index contributed by atoms with van der Waals surface area (Å²) in [7, 11) is 0. The van der Waals surface area contributed by atoms with E-state index in [0.717, 1.165) is 49.9 Å². The van der Waals surface area contributed by atoms with Gasteiger partial charge in [0.05, 0.1) is 5.75 Å². The van der Waals surface area contributed by atoms with Gasteiger partial charge in [-0.05, 0) is 32.6 Å². The van der Waals surface area contributed by atoms with Crippen LogP contribution in [0.25, 0.3) is 0 Å². The first-order chi connectivity index (χ1) is 9.60. The van der Waals surface area contributed by atoms with Gasteiger partial charge in [0, 0.05) is 24.7 Å². The number of aromatic nitrogens is 3. The topological polar surface area (TPSA) is 77.2 Å². The minimum atomic E-state index is -0.824. The molecule has 0 bridgehead atoms. The molecule has 6 nitrogen and oxygen atoms in total. The molecule has 110 valence electrons. The normalized spacial score (nSPS) is 21.9. The SMILES string of the molecule is CC1(n2c(SCC(=O)O)nnc2C2CC2)CCOCC1. The molecule has 2 heterocycles. The summed E-state index contributed by atoms with van der Waals surface area (Å²) in [5.41, 5.74) is -0.0550. The van der Waals surface area contributed by atoms with E-state index >= 15 is 0 Å². The Hall–Kier alpha value is -1.08. The third-order valence-electron chi connectivity index (χ3n) is 4.04. The number of rotatable bonds is 5. The van der Waals surface area contributed by atoms with Crippen LogP contribution in [0.5, 0.6) is 0 Å². The molecule has 3 rings (SSSR count). The zero-order valence-corrected chi connectivity index (χ0v) is 12.4. The molecule has 0 unspecified atom stereocenters. The Morgan fingerprint density at radius 2 is 2.15 bits per heavy atom. The third kappa shape index (κ3) is 2.69. The predicted octanol–water partition coefficient (Wildman–Crippen LogP) is 1.86. The zero-order valence-electron chi connectivity index (χ0n) is 11.5. The monoisotopic (exact) mass is 297 g/mol. The molecule has 1 N–H and O–H groups in total. The number of carboxylic acids is 1. The minimum absolute atomic E-state index is 0.0232. The summed E-state index contributed by atoms with van der Waals surface area (Å²) in [5, 5.41) is 18.2. The molecule has 1 aliphatic heterocycles. The van der Waals surface area contributed by atoms with Gasteiger partial charge in [-0.15, -0.1) is 10.2 Å². The van der Waals surface area contributed by atoms with Gasteiger partial charge in [0.1, 0.15) is 5.82 Å². The lowest BCUT2D eigenvalue weighted by molar-refractivity contribution is -0.133. The molecule has 1 aromatic heterocycles. The number of thioether (sulfide) groups is 1. The molecule has 0 amide bonds. The van der Waals surface area contributed by atoms with Crippen molar-refractivity contribution in [2.45, 2.75) is 49.2 Å². The highest BCUT2D eigenvalue weighted by Gasteiger charge is 2.39. The number of ether oxygens (including phenoxy) is 1. The maximum absolute atomic E-state index is 10.8. The smallest absolute Gasteiger partial charge is 0.313 e. The van der Waals surface area contributed by atoms with Gasteiger partial charge in [0.2, 0.25) is 0 Å². The van der Waals surface area contributed by atoms with E-state index in [1.165, 1.54) is 11.8 Å². The first kappa shape index (κ1) is 13.9. The Bertz CT molecular complexity index is 507. The average molecular weight is 297 g/mol. The van der Waals surface area contributed by atoms with Crippen molar-refractivity contribution in [2.75, 3.05) is 19.0 Å². The first-order valence-corrected chi connectivity index (χ1v) is 7.97. The molecule has 20 heavy (non-hydrogen) atoms. The van der Waals surface area contributed by atoms with Crippen molar-refractivity contribution in [3.63, 3.8) is 0 Å². The van der Waals surface area contributed by atoms with Crippen LogP contribution in [-0.2, 0) is 15.1 Å². The fourth-order valence-electron chi connectivity index (χ4n) is 2.65. The van der Waals surface area contributed by atoms with E-state index in [-0.39, 0.29) is 11.3 Å². The summed E-state index contributed by atoms with van der Waals surface area (Å²) >= 11 is 1.26. The van der Waals surface area contributed by atoms with Crippen LogP contribution in [0.1, 0.15) is 44.3 Å². The highest BCUT2D eigenvalue weighted by atomic mass is 32.2. The standard InChI is InChI=1S/C13H19N3O3S/c1-13(4-6-19-7-5-13)16-11(9-2-3-9)14-15-12(16)20-8-10(17)18/h9H,2-8H2,1H3,(H,17,18). The number of hydrogen-bond donors (Lipinski definition) is 1. The van der Waals surface area contributed by atoms with Gasteiger partial charge in [-0.25, -0.2) is 0 Å². The fourth-order valence-corrected chi connectivity index (χ4v) is 3.44. The Kier molecular flexibility index (Phi) is 3.72. The zero-order chi connectivity index (χ0) is 14.2. The van der Waals surface area contributed by atoms with Crippen LogP contribution in [0.15, 0.2) is 5.16 Å². The minimum Gasteiger partial charge on any atom is -0.481 e. The van der Waals surface area contributed by atoms with E-state index in [9.17, 15) is 4.79 Å². The number of aliphatic carboxylic acids is 1. The molecule has 0 aromatic carbocycles. The van der Waals surface area contributed by atoms with Gasteiger partial charge in [0.25, 0.3) is 0 Å². The Labute approximate surface area is 121 Å². The van der Waals surface area contributed by atoms with Gasteiger partial charge >= 0.3 is 5.97 Å². The van der Waals surface area contributed by atoms with Crippen molar-refractivity contribution in [2.24, 2.45) is 0 Å². The van der Waals surface area contributed by atoms with Crippen LogP contribution in [-0.4, -0.2) is 44.8 Å². The summed E-state index contributed by atoms with van der Waals surface area (Å²) < 4.78 is 7.66. The van der Waals surface area contributed by atoms with E-state index in [1.54, 1.807) is 0 Å². The number of carboxylic acid groups (broad SMARTS) is 1. The maximum atomic E-state index is 10.8. The quantitative estimate of drug-likeness (QED) is 0.836. The lowest BCUT2D eigenvalue weighted by atomic mass is 9.92. The lowest BCUT2D eigenvalue weighted by Crippen LogP contribution is -2.38.